The molecule has 1 heterocycles. The lowest BCUT2D eigenvalue weighted by molar-refractivity contribution is -0.384. The van der Waals surface area contributed by atoms with Gasteiger partial charge in [0.1, 0.15) is 29.5 Å². The van der Waals surface area contributed by atoms with Crippen molar-refractivity contribution in [3.8, 4) is 0 Å². The molecule has 10 unspecified atom stereocenters. The Labute approximate surface area is 351 Å². The van der Waals surface area contributed by atoms with Crippen LogP contribution in [0, 0.1) is 26.9 Å². The molecule has 1 saturated heterocycles. The summed E-state index contributed by atoms with van der Waals surface area (Å²) in [4.78, 5) is 66.5. The van der Waals surface area contributed by atoms with Crippen molar-refractivity contribution in [1.82, 2.24) is 5.32 Å². The third-order valence-corrected chi connectivity index (χ3v) is 13.5. The summed E-state index contributed by atoms with van der Waals surface area (Å²) in [5.74, 6) is -4.99. The Kier molecular flexibility index (Phi) is 11.6. The molecule has 0 spiro atoms. The van der Waals surface area contributed by atoms with Gasteiger partial charge in [-0.15, -0.1) is 0 Å². The number of nitrogens with one attached hydrogen (secondary N) is 1. The fourth-order valence-electron chi connectivity index (χ4n) is 10.1. The molecule has 3 aliphatic carbocycles. The highest BCUT2D eigenvalue weighted by Gasteiger charge is 2.76. The lowest BCUT2D eigenvalue weighted by atomic mass is 9.44. The molecule has 3 aromatic carbocycles. The SMILES string of the molecule is CC(=O)NC(c1ccccc1)C(O)C(=O)OC1CC2(O)C(OC(=O)c3ccccc3)C3C4(O)COC4CC(OCc4ccc([N+](=O)[O-])cc4)[C@@]3(C)C(=O)C(O)C(=C1C)C2(C)C. The van der Waals surface area contributed by atoms with Crippen LogP contribution >= 0.6 is 0 Å². The first-order valence-corrected chi connectivity index (χ1v) is 20.1. The normalized spacial score (nSPS) is 32.4. The Bertz CT molecular complexity index is 2230. The van der Waals surface area contributed by atoms with Crippen LogP contribution in [0.2, 0.25) is 0 Å². The van der Waals surface area contributed by atoms with E-state index >= 15 is 4.79 Å². The van der Waals surface area contributed by atoms with Gasteiger partial charge < -0.3 is 44.7 Å². The summed E-state index contributed by atoms with van der Waals surface area (Å²) in [5, 5.41) is 63.9. The number of fused-ring (bicyclic) bond motifs is 5. The van der Waals surface area contributed by atoms with Crippen molar-refractivity contribution >= 4 is 29.3 Å². The zero-order chi connectivity index (χ0) is 44.2. The first-order chi connectivity index (χ1) is 28.7. The average molecular weight is 843 g/mol. The summed E-state index contributed by atoms with van der Waals surface area (Å²) in [6, 6.07) is 20.5. The lowest BCUT2D eigenvalue weighted by Crippen LogP contribution is -2.81. The molecule has 16 nitrogen and oxygen atoms in total. The summed E-state index contributed by atoms with van der Waals surface area (Å²) < 4.78 is 24.7. The molecule has 7 rings (SSSR count). The number of benzene rings is 3. The monoisotopic (exact) mass is 842 g/mol. The van der Waals surface area contributed by atoms with E-state index in [1.54, 1.807) is 62.4 Å². The molecular formula is C45H50N2O14. The second-order valence-electron chi connectivity index (χ2n) is 17.3. The van der Waals surface area contributed by atoms with Crippen LogP contribution in [0.5, 0.6) is 0 Å². The van der Waals surface area contributed by atoms with Crippen LogP contribution in [-0.4, -0.2) is 103 Å². The third-order valence-electron chi connectivity index (χ3n) is 13.5. The second-order valence-corrected chi connectivity index (χ2v) is 17.3. The van der Waals surface area contributed by atoms with Gasteiger partial charge in [-0.2, -0.15) is 0 Å². The molecule has 0 radical (unpaired) electrons. The second kappa shape index (κ2) is 16.2. The zero-order valence-electron chi connectivity index (χ0n) is 34.3. The zero-order valence-corrected chi connectivity index (χ0v) is 34.3. The van der Waals surface area contributed by atoms with Crippen LogP contribution in [0.15, 0.2) is 96.1 Å². The topological polar surface area (TPSA) is 241 Å². The molecule has 2 bridgehead atoms. The van der Waals surface area contributed by atoms with Crippen LogP contribution in [0.1, 0.15) is 75.0 Å². The Hall–Kier alpha value is -5.36. The van der Waals surface area contributed by atoms with Gasteiger partial charge in [-0.05, 0) is 60.4 Å². The quantitative estimate of drug-likeness (QED) is 0.0805. The number of Topliss-reactive ketones (excluding diaryl/α,β-unsaturated/α-hetero) is 1. The number of nitro benzene ring substituents is 1. The molecule has 3 fully saturated rings. The van der Waals surface area contributed by atoms with Gasteiger partial charge in [-0.1, -0.05) is 62.4 Å². The smallest absolute Gasteiger partial charge is 0.338 e. The minimum absolute atomic E-state index is 0.0338. The van der Waals surface area contributed by atoms with Gasteiger partial charge >= 0.3 is 11.9 Å². The van der Waals surface area contributed by atoms with E-state index < -0.39 is 106 Å². The molecule has 1 aliphatic heterocycles. The molecule has 61 heavy (non-hydrogen) atoms. The average Bonchev–Trinajstić information content (AvgIpc) is 3.23. The number of nitro groups is 1. The van der Waals surface area contributed by atoms with Crippen LogP contribution in [0.3, 0.4) is 0 Å². The van der Waals surface area contributed by atoms with Crippen LogP contribution in [0.25, 0.3) is 0 Å². The molecular weight excluding hydrogens is 792 g/mol. The van der Waals surface area contributed by atoms with Crippen molar-refractivity contribution in [2.45, 2.75) is 108 Å². The Morgan fingerprint density at radius 3 is 2.16 bits per heavy atom. The molecule has 1 amide bonds. The van der Waals surface area contributed by atoms with Gasteiger partial charge in [-0.25, -0.2) is 9.59 Å². The molecule has 324 valence electrons. The summed E-state index contributed by atoms with van der Waals surface area (Å²) in [6.07, 6.45) is -9.84. The van der Waals surface area contributed by atoms with Crippen LogP contribution in [0.4, 0.5) is 5.69 Å². The van der Waals surface area contributed by atoms with E-state index in [-0.39, 0.29) is 42.0 Å². The number of non-ortho nitro benzene ring substituents is 1. The minimum atomic E-state index is -2.33. The number of nitrogens with zero attached hydrogens (tertiary/aromatic N) is 1. The van der Waals surface area contributed by atoms with E-state index in [2.05, 4.69) is 5.32 Å². The van der Waals surface area contributed by atoms with E-state index in [1.165, 1.54) is 57.2 Å². The van der Waals surface area contributed by atoms with E-state index in [4.69, 9.17) is 18.9 Å². The number of esters is 2. The summed E-state index contributed by atoms with van der Waals surface area (Å²) in [6.45, 7) is 6.88. The number of aliphatic hydroxyl groups is 4. The molecule has 5 N–H and O–H groups in total. The van der Waals surface area contributed by atoms with E-state index in [0.29, 0.717) is 11.1 Å². The molecule has 3 aromatic rings. The largest absolute Gasteiger partial charge is 0.456 e. The minimum Gasteiger partial charge on any atom is -0.456 e. The van der Waals surface area contributed by atoms with E-state index in [0.717, 1.165) is 0 Å². The number of hydrogen-bond acceptors (Lipinski definition) is 14. The number of rotatable bonds is 11. The first kappa shape index (κ1) is 43.7. The molecule has 16 heteroatoms. The Morgan fingerprint density at radius 2 is 1.59 bits per heavy atom. The fourth-order valence-corrected chi connectivity index (χ4v) is 10.1. The standard InChI is InChI=1S/C45H50N2O14/c1-24-30(60-41(53)36(50)34(46-25(2)48)27-12-8-6-9-13-27)21-45(55)39(61-40(52)28-14-10-7-11-15-28)37-43(5,38(51)35(49)33(24)42(45,3)4)31(20-32-44(37,54)23-59-32)58-22-26-16-18-29(19-17-26)47(56)57/h6-19,30-32,34-37,39,49-50,54-55H,20-23H2,1-5H3,(H,46,48)/t30?,31?,32?,34?,35?,36?,37?,39?,43-,44?,45?/m1/s1. The molecule has 4 aliphatic rings. The van der Waals surface area contributed by atoms with Crippen molar-refractivity contribution in [3.05, 3.63) is 123 Å². The fraction of sp³-hybridized carbons (Fsp3) is 0.467. The van der Waals surface area contributed by atoms with Crippen molar-refractivity contribution < 1.29 is 63.5 Å². The Balaban J connectivity index is 1.35. The summed E-state index contributed by atoms with van der Waals surface area (Å²) in [5.41, 5.74) is -6.78. The summed E-state index contributed by atoms with van der Waals surface area (Å²) in [7, 11) is 0. The van der Waals surface area contributed by atoms with Gasteiger partial charge in [0, 0.05) is 43.2 Å². The molecule has 2 saturated carbocycles. The number of hydrogen-bond donors (Lipinski definition) is 5. The highest BCUT2D eigenvalue weighted by molar-refractivity contribution is 5.94. The number of carbonyl (C=O) groups is 4. The summed E-state index contributed by atoms with van der Waals surface area (Å²) >= 11 is 0. The van der Waals surface area contributed by atoms with Crippen LogP contribution in [-0.2, 0) is 39.9 Å². The van der Waals surface area contributed by atoms with Crippen molar-refractivity contribution in [2.75, 3.05) is 6.61 Å². The number of aliphatic hydroxyl groups excluding tert-OH is 2. The van der Waals surface area contributed by atoms with Gasteiger partial charge in [0.2, 0.25) is 5.91 Å². The van der Waals surface area contributed by atoms with Crippen molar-refractivity contribution in [2.24, 2.45) is 16.7 Å². The van der Waals surface area contributed by atoms with Crippen LogP contribution < -0.4 is 5.32 Å². The lowest BCUT2D eigenvalue weighted by Gasteiger charge is -2.67. The predicted octanol–water partition coefficient (Wildman–Crippen LogP) is 3.43. The van der Waals surface area contributed by atoms with E-state index in [9.17, 15) is 44.9 Å². The maximum Gasteiger partial charge on any atom is 0.338 e. The Morgan fingerprint density at radius 1 is 0.967 bits per heavy atom. The maximum absolute atomic E-state index is 15.3. The highest BCUT2D eigenvalue weighted by atomic mass is 16.6. The number of ether oxygens (including phenoxy) is 4. The van der Waals surface area contributed by atoms with Gasteiger partial charge in [-0.3, -0.25) is 19.7 Å². The maximum atomic E-state index is 15.3. The predicted molar refractivity (Wildman–Crippen MR) is 214 cm³/mol. The number of amides is 1. The van der Waals surface area contributed by atoms with Gasteiger partial charge in [0.15, 0.2) is 11.9 Å². The number of ketones is 1. The third kappa shape index (κ3) is 7.34. The van der Waals surface area contributed by atoms with Gasteiger partial charge in [0.25, 0.3) is 5.69 Å². The number of carbonyl (C=O) groups excluding carboxylic acids is 4. The highest BCUT2D eigenvalue weighted by Crippen LogP contribution is 2.63. The molecule has 0 aromatic heterocycles. The van der Waals surface area contributed by atoms with Crippen molar-refractivity contribution in [1.29, 1.82) is 0 Å². The van der Waals surface area contributed by atoms with E-state index in [1.807, 2.05) is 0 Å². The van der Waals surface area contributed by atoms with Gasteiger partial charge in [0.05, 0.1) is 47.4 Å². The molecule has 11 atom stereocenters. The first-order valence-electron chi connectivity index (χ1n) is 20.1. The van der Waals surface area contributed by atoms with Crippen molar-refractivity contribution in [3.63, 3.8) is 0 Å².